The molecule has 0 aliphatic carbocycles. The lowest BCUT2D eigenvalue weighted by atomic mass is 9.95. The van der Waals surface area contributed by atoms with Crippen LogP contribution in [0.4, 0.5) is 4.39 Å². The first-order chi connectivity index (χ1) is 18.1. The molecule has 0 spiro atoms. The number of aromatic carboxylic acids is 1. The maximum atomic E-state index is 14.9. The van der Waals surface area contributed by atoms with Crippen molar-refractivity contribution >= 4 is 29.0 Å². The Morgan fingerprint density at radius 1 is 1.08 bits per heavy atom. The van der Waals surface area contributed by atoms with E-state index in [2.05, 4.69) is 10.2 Å². The molecule has 0 unspecified atom stereocenters. The highest BCUT2D eigenvalue weighted by Crippen LogP contribution is 2.40. The van der Waals surface area contributed by atoms with E-state index in [0.717, 1.165) is 32.6 Å². The van der Waals surface area contributed by atoms with Crippen LogP contribution >= 0.6 is 11.3 Å². The van der Waals surface area contributed by atoms with Crippen molar-refractivity contribution in [1.29, 1.82) is 0 Å². The van der Waals surface area contributed by atoms with Gasteiger partial charge in [0.05, 0.1) is 24.8 Å². The molecule has 1 aliphatic rings. The standard InChI is InChI=1S/C28H25FN4O4S/c1-13-10-20(21(29)11-19(13)28(35)36)17-6-8-18(9-7-17)25-24-14(2)15(3)38-27(24)33-16(4)31-32-26(33)22(30-25)12-23(34)37-5/h6-11,22H,12H2,1-5H3,(H,35,36)/t22-/m0/s1. The van der Waals surface area contributed by atoms with E-state index in [9.17, 15) is 19.1 Å². The predicted octanol–water partition coefficient (Wildman–Crippen LogP) is 5.52. The molecule has 1 N–H and O–H groups in total. The van der Waals surface area contributed by atoms with Crippen LogP contribution in [0, 0.1) is 33.5 Å². The van der Waals surface area contributed by atoms with Crippen molar-refractivity contribution in [3.05, 3.63) is 86.6 Å². The summed E-state index contributed by atoms with van der Waals surface area (Å²) in [6.07, 6.45) is 0.00357. The number of aliphatic imine (C=N–C) groups is 1. The highest BCUT2D eigenvalue weighted by atomic mass is 32.1. The van der Waals surface area contributed by atoms with Gasteiger partial charge in [-0.05, 0) is 56.5 Å². The predicted molar refractivity (Wildman–Crippen MR) is 142 cm³/mol. The van der Waals surface area contributed by atoms with Crippen molar-refractivity contribution in [2.75, 3.05) is 7.11 Å². The first-order valence-electron chi connectivity index (χ1n) is 11.9. The van der Waals surface area contributed by atoms with Crippen molar-refractivity contribution in [1.82, 2.24) is 14.8 Å². The van der Waals surface area contributed by atoms with E-state index < -0.39 is 23.8 Å². The minimum Gasteiger partial charge on any atom is -0.478 e. The van der Waals surface area contributed by atoms with Gasteiger partial charge in [-0.1, -0.05) is 24.3 Å². The van der Waals surface area contributed by atoms with Gasteiger partial charge in [0.15, 0.2) is 5.82 Å². The van der Waals surface area contributed by atoms with Crippen LogP contribution in [-0.2, 0) is 9.53 Å². The molecule has 3 heterocycles. The largest absolute Gasteiger partial charge is 0.478 e. The molecule has 2 aromatic carbocycles. The molecule has 0 saturated carbocycles. The van der Waals surface area contributed by atoms with E-state index in [1.54, 1.807) is 36.5 Å². The summed E-state index contributed by atoms with van der Waals surface area (Å²) >= 11 is 1.61. The maximum absolute atomic E-state index is 14.9. The number of esters is 1. The van der Waals surface area contributed by atoms with E-state index in [1.165, 1.54) is 7.11 Å². The Morgan fingerprint density at radius 2 is 1.76 bits per heavy atom. The number of carboxylic acid groups (broad SMARTS) is 1. The van der Waals surface area contributed by atoms with Crippen molar-refractivity contribution < 1.29 is 23.8 Å². The molecule has 10 heteroatoms. The molecule has 5 rings (SSSR count). The molecule has 2 aromatic heterocycles. The number of thiophene rings is 1. The fourth-order valence-electron chi connectivity index (χ4n) is 4.71. The quantitative estimate of drug-likeness (QED) is 0.339. The van der Waals surface area contributed by atoms with Gasteiger partial charge in [0.25, 0.3) is 0 Å². The molecule has 38 heavy (non-hydrogen) atoms. The molecule has 194 valence electrons. The number of ether oxygens (including phenoxy) is 1. The molecule has 0 saturated heterocycles. The minimum atomic E-state index is -1.17. The van der Waals surface area contributed by atoms with E-state index in [4.69, 9.17) is 9.73 Å². The smallest absolute Gasteiger partial charge is 0.336 e. The summed E-state index contributed by atoms with van der Waals surface area (Å²) in [4.78, 5) is 29.8. The van der Waals surface area contributed by atoms with Crippen LogP contribution in [0.5, 0.6) is 0 Å². The van der Waals surface area contributed by atoms with E-state index in [0.29, 0.717) is 34.1 Å². The van der Waals surface area contributed by atoms with Crippen molar-refractivity contribution in [3.63, 3.8) is 0 Å². The molecule has 0 fully saturated rings. The van der Waals surface area contributed by atoms with E-state index >= 15 is 0 Å². The van der Waals surface area contributed by atoms with Gasteiger partial charge >= 0.3 is 11.9 Å². The summed E-state index contributed by atoms with van der Waals surface area (Å²) in [5.41, 5.74) is 4.83. The van der Waals surface area contributed by atoms with Crippen LogP contribution in [0.1, 0.15) is 61.6 Å². The number of methoxy groups -OCH3 is 1. The molecule has 4 aromatic rings. The fourth-order valence-corrected chi connectivity index (χ4v) is 5.92. The number of carbonyl (C=O) groups is 2. The van der Waals surface area contributed by atoms with Gasteiger partial charge in [0.2, 0.25) is 0 Å². The van der Waals surface area contributed by atoms with Crippen molar-refractivity contribution in [2.45, 2.75) is 40.2 Å². The summed E-state index contributed by atoms with van der Waals surface area (Å²) in [5.74, 6) is -0.920. The second-order valence-electron chi connectivity index (χ2n) is 9.21. The van der Waals surface area contributed by atoms with Gasteiger partial charge < -0.3 is 9.84 Å². The molecule has 0 bridgehead atoms. The first kappa shape index (κ1) is 25.5. The molecular formula is C28H25FN4O4S. The number of nitrogens with zero attached hydrogens (tertiary/aromatic N) is 4. The van der Waals surface area contributed by atoms with Crippen LogP contribution in [0.3, 0.4) is 0 Å². The Balaban J connectivity index is 1.65. The SMILES string of the molecule is COC(=O)C[C@@H]1N=C(c2ccc(-c3cc(C)c(C(=O)O)cc3F)cc2)c2c(sc(C)c2C)-n2c(C)nnc21. The second kappa shape index (κ2) is 9.60. The lowest BCUT2D eigenvalue weighted by molar-refractivity contribution is -0.141. The average Bonchev–Trinajstić information content (AvgIpc) is 3.37. The zero-order valence-electron chi connectivity index (χ0n) is 21.5. The Hall–Kier alpha value is -4.18. The minimum absolute atomic E-state index is 0.00357. The summed E-state index contributed by atoms with van der Waals surface area (Å²) in [7, 11) is 1.34. The third-order valence-electron chi connectivity index (χ3n) is 6.84. The molecule has 1 atom stereocenters. The average molecular weight is 533 g/mol. The number of rotatable bonds is 5. The van der Waals surface area contributed by atoms with E-state index in [1.807, 2.05) is 37.5 Å². The Labute approximate surface area is 222 Å². The lowest BCUT2D eigenvalue weighted by Crippen LogP contribution is -2.12. The lowest BCUT2D eigenvalue weighted by Gasteiger charge is -2.13. The number of fused-ring (bicyclic) bond motifs is 3. The van der Waals surface area contributed by atoms with Gasteiger partial charge in [-0.2, -0.15) is 0 Å². The summed E-state index contributed by atoms with van der Waals surface area (Å²) in [6, 6.07) is 9.28. The molecule has 0 radical (unpaired) electrons. The zero-order chi connectivity index (χ0) is 27.3. The summed E-state index contributed by atoms with van der Waals surface area (Å²) in [6.45, 7) is 7.60. The number of hydrogen-bond acceptors (Lipinski definition) is 7. The Kier molecular flexibility index (Phi) is 6.44. The Bertz CT molecular complexity index is 1640. The fraction of sp³-hybridized carbons (Fsp3) is 0.250. The topological polar surface area (TPSA) is 107 Å². The molecule has 0 amide bonds. The van der Waals surface area contributed by atoms with Crippen molar-refractivity contribution in [3.8, 4) is 16.1 Å². The number of aryl methyl sites for hydroxylation is 3. The number of carboxylic acids is 1. The maximum Gasteiger partial charge on any atom is 0.336 e. The highest BCUT2D eigenvalue weighted by Gasteiger charge is 2.32. The monoisotopic (exact) mass is 532 g/mol. The number of benzene rings is 2. The number of aromatic nitrogens is 3. The van der Waals surface area contributed by atoms with E-state index in [-0.39, 0.29) is 12.0 Å². The van der Waals surface area contributed by atoms with Crippen LogP contribution in [-0.4, -0.2) is 44.6 Å². The number of carbonyl (C=O) groups excluding carboxylic acids is 1. The van der Waals surface area contributed by atoms with Gasteiger partial charge in [-0.15, -0.1) is 21.5 Å². The zero-order valence-corrected chi connectivity index (χ0v) is 22.3. The highest BCUT2D eigenvalue weighted by molar-refractivity contribution is 7.15. The van der Waals surface area contributed by atoms with Crippen LogP contribution in [0.25, 0.3) is 16.1 Å². The first-order valence-corrected chi connectivity index (χ1v) is 12.7. The molecule has 8 nitrogen and oxygen atoms in total. The van der Waals surface area contributed by atoms with Crippen LogP contribution in [0.2, 0.25) is 0 Å². The van der Waals surface area contributed by atoms with Gasteiger partial charge in [-0.3, -0.25) is 14.4 Å². The van der Waals surface area contributed by atoms with Gasteiger partial charge in [0, 0.05) is 21.6 Å². The third kappa shape index (κ3) is 4.20. The molecular weight excluding hydrogens is 507 g/mol. The van der Waals surface area contributed by atoms with Crippen molar-refractivity contribution in [2.24, 2.45) is 4.99 Å². The number of hydrogen-bond donors (Lipinski definition) is 1. The summed E-state index contributed by atoms with van der Waals surface area (Å²) in [5, 5.41) is 18.9. The van der Waals surface area contributed by atoms with Crippen LogP contribution < -0.4 is 0 Å². The third-order valence-corrected chi connectivity index (χ3v) is 8.03. The second-order valence-corrected chi connectivity index (χ2v) is 10.4. The number of halogens is 1. The molecule has 1 aliphatic heterocycles. The van der Waals surface area contributed by atoms with Gasteiger partial charge in [-0.25, -0.2) is 9.18 Å². The van der Waals surface area contributed by atoms with Gasteiger partial charge in [0.1, 0.15) is 22.7 Å². The van der Waals surface area contributed by atoms with Crippen LogP contribution in [0.15, 0.2) is 41.4 Å². The Morgan fingerprint density at radius 3 is 2.42 bits per heavy atom. The summed E-state index contributed by atoms with van der Waals surface area (Å²) < 4.78 is 21.7. The normalized spacial score (nSPS) is 14.4.